The van der Waals surface area contributed by atoms with Crippen molar-refractivity contribution in [1.29, 1.82) is 0 Å². The summed E-state index contributed by atoms with van der Waals surface area (Å²) in [5.74, 6) is 1.41. The van der Waals surface area contributed by atoms with Crippen LogP contribution in [0.15, 0.2) is 36.4 Å². The van der Waals surface area contributed by atoms with E-state index < -0.39 is 0 Å². The predicted molar refractivity (Wildman–Crippen MR) is 148 cm³/mol. The number of hydrogen-bond donors (Lipinski definition) is 0. The molecule has 0 N–H and O–H groups in total. The normalized spacial score (nSPS) is 21.7. The van der Waals surface area contributed by atoms with Crippen molar-refractivity contribution in [2.75, 3.05) is 0 Å². The fourth-order valence-electron chi connectivity index (χ4n) is 6.66. The van der Waals surface area contributed by atoms with Gasteiger partial charge >= 0.3 is 0 Å². The molecule has 0 bridgehead atoms. The van der Waals surface area contributed by atoms with Crippen molar-refractivity contribution in [2.45, 2.75) is 105 Å². The van der Waals surface area contributed by atoms with E-state index in [1.54, 1.807) is 0 Å². The largest absolute Gasteiger partial charge is 0.300 e. The molecular weight excluding hydrogens is 444 g/mol. The molecule has 0 saturated carbocycles. The average molecular weight is 491 g/mol. The molecule has 196 valence electrons. The first-order chi connectivity index (χ1) is 17.3. The van der Waals surface area contributed by atoms with Gasteiger partial charge in [0.15, 0.2) is 5.78 Å². The highest BCUT2D eigenvalue weighted by atomic mass is 16.1. The van der Waals surface area contributed by atoms with Gasteiger partial charge in [-0.3, -0.25) is 14.4 Å². The van der Waals surface area contributed by atoms with E-state index in [9.17, 15) is 14.4 Å². The Labute approximate surface area is 218 Å². The first-order valence-corrected chi connectivity index (χ1v) is 14.3. The summed E-state index contributed by atoms with van der Waals surface area (Å²) in [6.45, 7) is 7.86. The molecule has 3 rings (SSSR count). The third kappa shape index (κ3) is 7.60. The summed E-state index contributed by atoms with van der Waals surface area (Å²) < 4.78 is 0. The molecule has 0 amide bonds. The fourth-order valence-corrected chi connectivity index (χ4v) is 6.66. The topological polar surface area (TPSA) is 51.2 Å². The second-order valence-electron chi connectivity index (χ2n) is 11.3. The lowest BCUT2D eigenvalue weighted by Crippen LogP contribution is -2.30. The van der Waals surface area contributed by atoms with E-state index in [4.69, 9.17) is 0 Å². The molecule has 36 heavy (non-hydrogen) atoms. The zero-order chi connectivity index (χ0) is 26.1. The van der Waals surface area contributed by atoms with Crippen molar-refractivity contribution in [3.05, 3.63) is 58.7 Å². The van der Waals surface area contributed by atoms with Crippen LogP contribution in [0.3, 0.4) is 0 Å². The standard InChI is InChI=1S/C33H46O3/c1-5-13-28(30(6-2)31(35)18-23(3)34)20-26-21-29-17-16-27(24(4)33(29)32(36)22-26)19-25-14-11-9-7-8-10-12-15-25/h7-10,16-17,25-26,28,30H,5-6,11-15,18-22H2,1-4H3. The molecule has 2 aliphatic carbocycles. The summed E-state index contributed by atoms with van der Waals surface area (Å²) >= 11 is 0. The lowest BCUT2D eigenvalue weighted by Gasteiger charge is -2.32. The van der Waals surface area contributed by atoms with Gasteiger partial charge in [0.25, 0.3) is 0 Å². The number of carbonyl (C=O) groups is 3. The van der Waals surface area contributed by atoms with E-state index in [0.717, 1.165) is 56.9 Å². The van der Waals surface area contributed by atoms with Crippen molar-refractivity contribution in [1.82, 2.24) is 0 Å². The van der Waals surface area contributed by atoms with Crippen LogP contribution in [-0.2, 0) is 22.4 Å². The summed E-state index contributed by atoms with van der Waals surface area (Å²) in [5.41, 5.74) is 4.69. The molecule has 0 heterocycles. The quantitative estimate of drug-likeness (QED) is 0.296. The predicted octanol–water partition coefficient (Wildman–Crippen LogP) is 7.97. The highest BCUT2D eigenvalue weighted by Crippen LogP contribution is 2.37. The van der Waals surface area contributed by atoms with Gasteiger partial charge in [0.1, 0.15) is 11.6 Å². The number of rotatable bonds is 11. The second kappa shape index (κ2) is 13.9. The van der Waals surface area contributed by atoms with Crippen molar-refractivity contribution >= 4 is 17.3 Å². The fraction of sp³-hybridized carbons (Fsp3) is 0.606. The zero-order valence-corrected chi connectivity index (χ0v) is 23.0. The third-order valence-electron chi connectivity index (χ3n) is 8.44. The van der Waals surface area contributed by atoms with Crippen LogP contribution in [0.4, 0.5) is 0 Å². The SMILES string of the molecule is CCCC(CC1CC(=O)c2c(ccc(CC3CCC=CC=CCC3)c2C)C1)C(CC)C(=O)CC(C)=O. The van der Waals surface area contributed by atoms with Gasteiger partial charge in [-0.1, -0.05) is 63.1 Å². The van der Waals surface area contributed by atoms with E-state index in [0.29, 0.717) is 12.3 Å². The molecule has 3 atom stereocenters. The minimum Gasteiger partial charge on any atom is -0.300 e. The van der Waals surface area contributed by atoms with E-state index in [-0.39, 0.29) is 41.5 Å². The molecule has 1 aromatic rings. The molecular formula is C33H46O3. The molecule has 0 aromatic heterocycles. The molecule has 0 radical (unpaired) electrons. The van der Waals surface area contributed by atoms with Gasteiger partial charge in [0.05, 0.1) is 6.42 Å². The minimum atomic E-state index is -0.0767. The Morgan fingerprint density at radius 1 is 1.00 bits per heavy atom. The van der Waals surface area contributed by atoms with Gasteiger partial charge in [-0.05, 0) is 99.7 Å². The maximum atomic E-state index is 13.4. The van der Waals surface area contributed by atoms with E-state index in [1.807, 2.05) is 0 Å². The van der Waals surface area contributed by atoms with Crippen LogP contribution in [0.1, 0.15) is 112 Å². The van der Waals surface area contributed by atoms with Gasteiger partial charge in [0, 0.05) is 17.9 Å². The Kier molecular flexibility index (Phi) is 10.9. The highest BCUT2D eigenvalue weighted by molar-refractivity contribution is 6.00. The third-order valence-corrected chi connectivity index (χ3v) is 8.44. The van der Waals surface area contributed by atoms with Gasteiger partial charge in [0.2, 0.25) is 0 Å². The minimum absolute atomic E-state index is 0.0424. The number of benzene rings is 1. The number of carbonyl (C=O) groups excluding carboxylic acids is 3. The van der Waals surface area contributed by atoms with Crippen LogP contribution in [0.5, 0.6) is 0 Å². The Bertz CT molecular complexity index is 967. The number of fused-ring (bicyclic) bond motifs is 1. The van der Waals surface area contributed by atoms with Crippen LogP contribution in [0.25, 0.3) is 0 Å². The summed E-state index contributed by atoms with van der Waals surface area (Å²) in [7, 11) is 0. The molecule has 3 unspecified atom stereocenters. The number of allylic oxidation sites excluding steroid dienone is 4. The molecule has 0 spiro atoms. The van der Waals surface area contributed by atoms with Crippen LogP contribution in [-0.4, -0.2) is 17.3 Å². The summed E-state index contributed by atoms with van der Waals surface area (Å²) in [5, 5.41) is 0. The Balaban J connectivity index is 1.73. The van der Waals surface area contributed by atoms with Crippen molar-refractivity contribution in [2.24, 2.45) is 23.7 Å². The Morgan fingerprint density at radius 2 is 1.69 bits per heavy atom. The summed E-state index contributed by atoms with van der Waals surface area (Å²) in [4.78, 5) is 37.8. The second-order valence-corrected chi connectivity index (χ2v) is 11.3. The highest BCUT2D eigenvalue weighted by Gasteiger charge is 2.33. The maximum Gasteiger partial charge on any atom is 0.163 e. The molecule has 0 aliphatic heterocycles. The van der Waals surface area contributed by atoms with E-state index in [2.05, 4.69) is 57.2 Å². The molecule has 1 aromatic carbocycles. The van der Waals surface area contributed by atoms with Gasteiger partial charge in [-0.15, -0.1) is 0 Å². The molecule has 3 heteroatoms. The number of hydrogen-bond acceptors (Lipinski definition) is 3. The monoisotopic (exact) mass is 490 g/mol. The van der Waals surface area contributed by atoms with Gasteiger partial charge in [-0.2, -0.15) is 0 Å². The summed E-state index contributed by atoms with van der Waals surface area (Å²) in [6.07, 6.45) is 19.7. The van der Waals surface area contributed by atoms with E-state index in [1.165, 1.54) is 36.5 Å². The summed E-state index contributed by atoms with van der Waals surface area (Å²) in [6, 6.07) is 4.49. The first kappa shape index (κ1) is 28.3. The van der Waals surface area contributed by atoms with Gasteiger partial charge < -0.3 is 0 Å². The van der Waals surface area contributed by atoms with Crippen LogP contribution in [0, 0.1) is 30.6 Å². The maximum absolute atomic E-state index is 13.4. The lowest BCUT2D eigenvalue weighted by molar-refractivity contribution is -0.129. The Hall–Kier alpha value is -2.29. The number of ketones is 3. The molecule has 3 nitrogen and oxygen atoms in total. The van der Waals surface area contributed by atoms with Crippen molar-refractivity contribution in [3.63, 3.8) is 0 Å². The van der Waals surface area contributed by atoms with Gasteiger partial charge in [-0.25, -0.2) is 0 Å². The van der Waals surface area contributed by atoms with Crippen molar-refractivity contribution in [3.8, 4) is 0 Å². The van der Waals surface area contributed by atoms with Crippen LogP contribution in [0.2, 0.25) is 0 Å². The smallest absolute Gasteiger partial charge is 0.163 e. The average Bonchev–Trinajstić information content (AvgIpc) is 2.95. The number of Topliss-reactive ketones (excluding diaryl/α,β-unsaturated/α-hetero) is 3. The van der Waals surface area contributed by atoms with Crippen molar-refractivity contribution < 1.29 is 14.4 Å². The molecule has 0 fully saturated rings. The first-order valence-electron chi connectivity index (χ1n) is 14.3. The molecule has 2 aliphatic rings. The van der Waals surface area contributed by atoms with Crippen LogP contribution >= 0.6 is 0 Å². The zero-order valence-electron chi connectivity index (χ0n) is 23.0. The van der Waals surface area contributed by atoms with E-state index >= 15 is 0 Å². The lowest BCUT2D eigenvalue weighted by atomic mass is 9.71. The molecule has 0 saturated heterocycles. The van der Waals surface area contributed by atoms with Crippen LogP contribution < -0.4 is 0 Å². The Morgan fingerprint density at radius 3 is 2.31 bits per heavy atom.